The normalized spacial score (nSPS) is 17.6. The van der Waals surface area contributed by atoms with E-state index in [2.05, 4.69) is 27.4 Å². The van der Waals surface area contributed by atoms with Gasteiger partial charge in [0.15, 0.2) is 5.65 Å². The van der Waals surface area contributed by atoms with Crippen molar-refractivity contribution in [2.24, 2.45) is 7.05 Å². The van der Waals surface area contributed by atoms with Crippen molar-refractivity contribution in [2.45, 2.75) is 12.3 Å². The summed E-state index contributed by atoms with van der Waals surface area (Å²) in [5, 5.41) is 12.8. The van der Waals surface area contributed by atoms with E-state index in [0.717, 1.165) is 28.8 Å². The number of halogens is 1. The first-order valence-corrected chi connectivity index (χ1v) is 6.79. The van der Waals surface area contributed by atoms with Gasteiger partial charge in [0.1, 0.15) is 0 Å². The van der Waals surface area contributed by atoms with Gasteiger partial charge in [0, 0.05) is 13.0 Å². The maximum absolute atomic E-state index is 6.34. The van der Waals surface area contributed by atoms with E-state index in [1.807, 2.05) is 19.3 Å². The van der Waals surface area contributed by atoms with E-state index in [1.165, 1.54) is 5.56 Å². The highest BCUT2D eigenvalue weighted by Gasteiger charge is 2.20. The van der Waals surface area contributed by atoms with Crippen molar-refractivity contribution in [3.63, 3.8) is 0 Å². The first-order valence-electron chi connectivity index (χ1n) is 6.41. The molecule has 3 heterocycles. The fraction of sp³-hybridized carbons (Fsp3) is 0.214. The molecule has 1 aliphatic rings. The van der Waals surface area contributed by atoms with E-state index in [9.17, 15) is 0 Å². The summed E-state index contributed by atoms with van der Waals surface area (Å²) in [6.07, 6.45) is 8.70. The van der Waals surface area contributed by atoms with E-state index < -0.39 is 0 Å². The number of hydrogen-bond acceptors (Lipinski definition) is 3. The van der Waals surface area contributed by atoms with Crippen LogP contribution >= 0.6 is 11.6 Å². The van der Waals surface area contributed by atoms with E-state index in [1.54, 1.807) is 10.9 Å². The summed E-state index contributed by atoms with van der Waals surface area (Å²) < 4.78 is 1.75. The number of allylic oxidation sites excluding steroid dienone is 1. The molecule has 5 nitrogen and oxygen atoms in total. The summed E-state index contributed by atoms with van der Waals surface area (Å²) in [6, 6.07) is 1.94. The monoisotopic (exact) mass is 285 g/mol. The molecule has 1 atom stereocenters. The van der Waals surface area contributed by atoms with E-state index in [-0.39, 0.29) is 5.92 Å². The molecule has 1 N–H and O–H groups in total. The third-order valence-corrected chi connectivity index (χ3v) is 4.05. The summed E-state index contributed by atoms with van der Waals surface area (Å²) in [7, 11) is 1.88. The van der Waals surface area contributed by atoms with Gasteiger partial charge < -0.3 is 0 Å². The van der Waals surface area contributed by atoms with Gasteiger partial charge >= 0.3 is 0 Å². The predicted molar refractivity (Wildman–Crippen MR) is 77.6 cm³/mol. The van der Waals surface area contributed by atoms with E-state index in [4.69, 9.17) is 16.6 Å². The first-order chi connectivity index (χ1) is 9.72. The minimum Gasteiger partial charge on any atom is -0.278 e. The molecular formula is C14H12ClN5. The Hall–Kier alpha value is -2.14. The Bertz CT molecular complexity index is 829. The number of H-pyrrole nitrogens is 1. The van der Waals surface area contributed by atoms with Crippen LogP contribution in [0.1, 0.15) is 22.9 Å². The van der Waals surface area contributed by atoms with Crippen molar-refractivity contribution in [1.29, 1.82) is 0 Å². The lowest BCUT2D eigenvalue weighted by Gasteiger charge is -2.16. The molecule has 0 fully saturated rings. The summed E-state index contributed by atoms with van der Waals surface area (Å²) in [6.45, 7) is 0. The summed E-state index contributed by atoms with van der Waals surface area (Å²) >= 11 is 6.34. The van der Waals surface area contributed by atoms with Gasteiger partial charge in [-0.2, -0.15) is 10.2 Å². The Labute approximate surface area is 120 Å². The molecule has 0 aromatic carbocycles. The fourth-order valence-electron chi connectivity index (χ4n) is 2.63. The molecule has 20 heavy (non-hydrogen) atoms. The first kappa shape index (κ1) is 11.7. The second-order valence-electron chi connectivity index (χ2n) is 5.01. The van der Waals surface area contributed by atoms with Crippen molar-refractivity contribution in [3.8, 4) is 0 Å². The quantitative estimate of drug-likeness (QED) is 0.748. The molecule has 0 aliphatic heterocycles. The number of aromatic nitrogens is 5. The molecule has 0 bridgehead atoms. The van der Waals surface area contributed by atoms with Gasteiger partial charge in [-0.3, -0.25) is 9.78 Å². The van der Waals surface area contributed by atoms with Crippen LogP contribution in [-0.4, -0.2) is 25.0 Å². The summed E-state index contributed by atoms with van der Waals surface area (Å²) in [4.78, 5) is 4.71. The molecule has 1 unspecified atom stereocenters. The van der Waals surface area contributed by atoms with Gasteiger partial charge in [0.25, 0.3) is 0 Å². The van der Waals surface area contributed by atoms with Crippen molar-refractivity contribution in [1.82, 2.24) is 25.0 Å². The zero-order valence-electron chi connectivity index (χ0n) is 10.8. The largest absolute Gasteiger partial charge is 0.278 e. The number of fused-ring (bicyclic) bond motifs is 2. The number of aryl methyl sites for hydroxylation is 1. The topological polar surface area (TPSA) is 59.4 Å². The molecule has 0 spiro atoms. The number of nitrogens with zero attached hydrogens (tertiary/aromatic N) is 4. The van der Waals surface area contributed by atoms with Crippen LogP contribution in [0.25, 0.3) is 17.1 Å². The average molecular weight is 286 g/mol. The van der Waals surface area contributed by atoms with Crippen molar-refractivity contribution < 1.29 is 0 Å². The Balaban J connectivity index is 1.81. The molecule has 3 aromatic heterocycles. The van der Waals surface area contributed by atoms with Crippen LogP contribution in [-0.2, 0) is 13.5 Å². The van der Waals surface area contributed by atoms with Crippen LogP contribution < -0.4 is 0 Å². The third-order valence-electron chi connectivity index (χ3n) is 3.74. The SMILES string of the molecule is Cn1ncc2c(Cl)cc(C3C=Cc4[nH]ncc4C3)nc21. The standard InChI is InChI=1S/C14H12ClN5/c1-20-14-10(7-17-20)11(15)5-13(18-14)8-2-3-12-9(4-8)6-16-19-12/h2-3,5-8H,4H2,1H3,(H,16,19). The lowest BCUT2D eigenvalue weighted by atomic mass is 9.91. The Morgan fingerprint density at radius 1 is 1.40 bits per heavy atom. The highest BCUT2D eigenvalue weighted by Crippen LogP contribution is 2.31. The van der Waals surface area contributed by atoms with Crippen LogP contribution in [0.4, 0.5) is 0 Å². The maximum Gasteiger partial charge on any atom is 0.159 e. The summed E-state index contributed by atoms with van der Waals surface area (Å²) in [5.74, 6) is 0.219. The van der Waals surface area contributed by atoms with Crippen LogP contribution in [0.15, 0.2) is 24.5 Å². The molecule has 4 rings (SSSR count). The second-order valence-corrected chi connectivity index (χ2v) is 5.42. The number of pyridine rings is 1. The molecule has 6 heteroatoms. The van der Waals surface area contributed by atoms with Crippen molar-refractivity contribution in [2.75, 3.05) is 0 Å². The minimum absolute atomic E-state index is 0.219. The number of hydrogen-bond donors (Lipinski definition) is 1. The second kappa shape index (κ2) is 4.18. The van der Waals surface area contributed by atoms with E-state index >= 15 is 0 Å². The van der Waals surface area contributed by atoms with Gasteiger partial charge in [0.05, 0.1) is 34.2 Å². The Morgan fingerprint density at radius 3 is 3.20 bits per heavy atom. The lowest BCUT2D eigenvalue weighted by Crippen LogP contribution is -2.07. The maximum atomic E-state index is 6.34. The highest BCUT2D eigenvalue weighted by atomic mass is 35.5. The zero-order chi connectivity index (χ0) is 13.7. The predicted octanol–water partition coefficient (Wildman–Crippen LogP) is 2.70. The molecular weight excluding hydrogens is 274 g/mol. The molecule has 0 radical (unpaired) electrons. The molecule has 1 aliphatic carbocycles. The van der Waals surface area contributed by atoms with Crippen LogP contribution in [0.3, 0.4) is 0 Å². The molecule has 0 saturated carbocycles. The van der Waals surface area contributed by atoms with Crippen LogP contribution in [0.2, 0.25) is 5.02 Å². The van der Waals surface area contributed by atoms with E-state index in [0.29, 0.717) is 5.02 Å². The van der Waals surface area contributed by atoms with Gasteiger partial charge in [-0.25, -0.2) is 4.98 Å². The van der Waals surface area contributed by atoms with Crippen LogP contribution in [0.5, 0.6) is 0 Å². The molecule has 0 saturated heterocycles. The number of rotatable bonds is 1. The molecule has 0 amide bonds. The fourth-order valence-corrected chi connectivity index (χ4v) is 2.88. The zero-order valence-corrected chi connectivity index (χ0v) is 11.6. The van der Waals surface area contributed by atoms with Gasteiger partial charge in [0.2, 0.25) is 0 Å². The van der Waals surface area contributed by atoms with Gasteiger partial charge in [-0.15, -0.1) is 0 Å². The average Bonchev–Trinajstić information content (AvgIpc) is 3.05. The highest BCUT2D eigenvalue weighted by molar-refractivity contribution is 6.35. The van der Waals surface area contributed by atoms with Crippen molar-refractivity contribution >= 4 is 28.7 Å². The van der Waals surface area contributed by atoms with Gasteiger partial charge in [-0.1, -0.05) is 17.7 Å². The molecule has 100 valence electrons. The minimum atomic E-state index is 0.219. The number of nitrogens with one attached hydrogen (secondary N) is 1. The van der Waals surface area contributed by atoms with Crippen molar-refractivity contribution in [3.05, 3.63) is 46.5 Å². The van der Waals surface area contributed by atoms with Crippen LogP contribution in [0, 0.1) is 0 Å². The molecule has 3 aromatic rings. The summed E-state index contributed by atoms with van der Waals surface area (Å²) in [5.41, 5.74) is 4.07. The Morgan fingerprint density at radius 2 is 2.30 bits per heavy atom. The lowest BCUT2D eigenvalue weighted by molar-refractivity contribution is 0.764. The van der Waals surface area contributed by atoms with Gasteiger partial charge in [-0.05, 0) is 24.1 Å². The smallest absolute Gasteiger partial charge is 0.159 e. The number of aromatic amines is 1. The Kier molecular flexibility index (Phi) is 2.44. The third kappa shape index (κ3) is 1.67.